The summed E-state index contributed by atoms with van der Waals surface area (Å²) in [6, 6.07) is 0.0623. The summed E-state index contributed by atoms with van der Waals surface area (Å²) in [7, 11) is -4.37. The number of rotatable bonds is 2. The fourth-order valence-electron chi connectivity index (χ4n) is 2.33. The third-order valence-corrected chi connectivity index (χ3v) is 4.62. The van der Waals surface area contributed by atoms with E-state index in [1.807, 2.05) is 0 Å². The van der Waals surface area contributed by atoms with Crippen LogP contribution < -0.4 is 5.32 Å². The van der Waals surface area contributed by atoms with Crippen molar-refractivity contribution in [2.24, 2.45) is 5.92 Å². The molecular formula is C8H14F2N2O2S. The van der Waals surface area contributed by atoms with Crippen LogP contribution >= 0.6 is 0 Å². The van der Waals surface area contributed by atoms with Crippen molar-refractivity contribution in [3.63, 3.8) is 0 Å². The Morgan fingerprint density at radius 1 is 1.33 bits per heavy atom. The largest absolute Gasteiger partial charge is 0.350 e. The van der Waals surface area contributed by atoms with Crippen molar-refractivity contribution in [3.05, 3.63) is 0 Å². The minimum atomic E-state index is -4.37. The summed E-state index contributed by atoms with van der Waals surface area (Å²) in [5.41, 5.74) is 0. The van der Waals surface area contributed by atoms with E-state index >= 15 is 0 Å². The van der Waals surface area contributed by atoms with Gasteiger partial charge in [0, 0.05) is 19.1 Å². The van der Waals surface area contributed by atoms with Crippen LogP contribution in [0.1, 0.15) is 12.8 Å². The molecule has 2 heterocycles. The van der Waals surface area contributed by atoms with Gasteiger partial charge in [0.05, 0.1) is 0 Å². The molecule has 1 N–H and O–H groups in total. The minimum absolute atomic E-state index is 0.0623. The summed E-state index contributed by atoms with van der Waals surface area (Å²) in [5, 5.41) is 3.17. The van der Waals surface area contributed by atoms with Gasteiger partial charge in [-0.1, -0.05) is 0 Å². The van der Waals surface area contributed by atoms with Gasteiger partial charge < -0.3 is 5.32 Å². The fourth-order valence-corrected chi connectivity index (χ4v) is 3.32. The molecule has 7 heteroatoms. The van der Waals surface area contributed by atoms with Crippen LogP contribution in [0.3, 0.4) is 0 Å². The Labute approximate surface area is 87.7 Å². The number of hydrogen-bond donors (Lipinski definition) is 1. The van der Waals surface area contributed by atoms with Gasteiger partial charge in [-0.3, -0.25) is 0 Å². The zero-order valence-electron chi connectivity index (χ0n) is 8.20. The smallest absolute Gasteiger partial charge is 0.312 e. The number of nitrogens with zero attached hydrogens (tertiary/aromatic N) is 1. The van der Waals surface area contributed by atoms with Crippen molar-refractivity contribution >= 4 is 10.0 Å². The molecule has 0 aromatic carbocycles. The maximum Gasteiger partial charge on any atom is 0.350 e. The number of alkyl halides is 2. The topological polar surface area (TPSA) is 49.4 Å². The van der Waals surface area contributed by atoms with Gasteiger partial charge in [0.2, 0.25) is 0 Å². The Morgan fingerprint density at radius 2 is 2.07 bits per heavy atom. The number of fused-ring (bicyclic) bond motifs is 1. The van der Waals surface area contributed by atoms with Crippen LogP contribution in [0.25, 0.3) is 0 Å². The average Bonchev–Trinajstić information content (AvgIpc) is 2.61. The Hall–Kier alpha value is -0.270. The zero-order valence-corrected chi connectivity index (χ0v) is 9.01. The van der Waals surface area contributed by atoms with Crippen molar-refractivity contribution in [2.75, 3.05) is 19.6 Å². The number of sulfonamides is 1. The Balaban J connectivity index is 2.09. The van der Waals surface area contributed by atoms with E-state index in [4.69, 9.17) is 0 Å². The maximum absolute atomic E-state index is 12.3. The first-order valence-electron chi connectivity index (χ1n) is 5.02. The molecule has 0 aromatic rings. The van der Waals surface area contributed by atoms with Gasteiger partial charge in [0.15, 0.2) is 0 Å². The summed E-state index contributed by atoms with van der Waals surface area (Å²) in [5.74, 6) is -3.09. The van der Waals surface area contributed by atoms with Crippen LogP contribution in [0.5, 0.6) is 0 Å². The lowest BCUT2D eigenvalue weighted by atomic mass is 9.94. The lowest BCUT2D eigenvalue weighted by Crippen LogP contribution is -2.41. The normalized spacial score (nSPS) is 33.3. The molecule has 2 fully saturated rings. The average molecular weight is 240 g/mol. The molecule has 0 bridgehead atoms. The minimum Gasteiger partial charge on any atom is -0.312 e. The van der Waals surface area contributed by atoms with Crippen molar-refractivity contribution in [1.29, 1.82) is 0 Å². The van der Waals surface area contributed by atoms with Crippen LogP contribution in [0.4, 0.5) is 8.78 Å². The first-order valence-corrected chi connectivity index (χ1v) is 6.52. The molecule has 0 aliphatic carbocycles. The van der Waals surface area contributed by atoms with E-state index in [-0.39, 0.29) is 25.0 Å². The number of halogens is 2. The van der Waals surface area contributed by atoms with Gasteiger partial charge in [-0.05, 0) is 25.3 Å². The summed E-state index contributed by atoms with van der Waals surface area (Å²) in [6.07, 6.45) is 1.91. The monoisotopic (exact) mass is 240 g/mol. The fraction of sp³-hybridized carbons (Fsp3) is 1.00. The molecule has 2 aliphatic rings. The van der Waals surface area contributed by atoms with E-state index < -0.39 is 15.8 Å². The van der Waals surface area contributed by atoms with E-state index in [1.54, 1.807) is 0 Å². The van der Waals surface area contributed by atoms with Crippen molar-refractivity contribution in [1.82, 2.24) is 9.62 Å². The van der Waals surface area contributed by atoms with Gasteiger partial charge in [-0.15, -0.1) is 0 Å². The number of nitrogens with one attached hydrogen (secondary N) is 1. The highest BCUT2D eigenvalue weighted by molar-refractivity contribution is 7.89. The molecule has 0 unspecified atom stereocenters. The molecule has 2 atom stereocenters. The van der Waals surface area contributed by atoms with Crippen molar-refractivity contribution in [2.45, 2.75) is 24.6 Å². The van der Waals surface area contributed by atoms with E-state index in [0.717, 1.165) is 23.7 Å². The third-order valence-electron chi connectivity index (χ3n) is 3.15. The molecule has 0 aromatic heterocycles. The van der Waals surface area contributed by atoms with Crippen LogP contribution in [0.15, 0.2) is 0 Å². The second-order valence-corrected chi connectivity index (χ2v) is 5.99. The molecule has 0 saturated carbocycles. The first kappa shape index (κ1) is 11.2. The standard InChI is InChI=1S/C8H14F2N2O2S/c9-8(10)15(13,14)12-4-6-2-1-3-11-7(6)5-12/h6-8,11H,1-5H2/t6-,7+/m0/s1. The zero-order chi connectivity index (χ0) is 11.1. The lowest BCUT2D eigenvalue weighted by Gasteiger charge is -2.24. The Morgan fingerprint density at radius 3 is 2.67 bits per heavy atom. The first-order chi connectivity index (χ1) is 7.01. The lowest BCUT2D eigenvalue weighted by molar-refractivity contribution is 0.221. The molecule has 0 radical (unpaired) electrons. The Kier molecular flexibility index (Phi) is 2.96. The highest BCUT2D eigenvalue weighted by Gasteiger charge is 2.42. The SMILES string of the molecule is O=S(=O)(C(F)F)N1C[C@@H]2CCCN[C@@H]2C1. The van der Waals surface area contributed by atoms with Crippen LogP contribution in [0, 0.1) is 5.92 Å². The molecule has 88 valence electrons. The predicted molar refractivity (Wildman–Crippen MR) is 51.0 cm³/mol. The van der Waals surface area contributed by atoms with Gasteiger partial charge in [0.25, 0.3) is 10.0 Å². The summed E-state index contributed by atoms with van der Waals surface area (Å²) < 4.78 is 48.0. The predicted octanol–water partition coefficient (Wildman–Crippen LogP) is 0.223. The Bertz CT molecular complexity index is 320. The molecule has 2 aliphatic heterocycles. The van der Waals surface area contributed by atoms with Gasteiger partial charge in [0.1, 0.15) is 0 Å². The quantitative estimate of drug-likeness (QED) is 0.751. The second kappa shape index (κ2) is 3.95. The van der Waals surface area contributed by atoms with Crippen LogP contribution in [-0.4, -0.2) is 44.2 Å². The molecule has 2 saturated heterocycles. The molecule has 0 spiro atoms. The maximum atomic E-state index is 12.3. The number of piperidine rings is 1. The van der Waals surface area contributed by atoms with Gasteiger partial charge in [-0.2, -0.15) is 13.1 Å². The summed E-state index contributed by atoms with van der Waals surface area (Å²) >= 11 is 0. The van der Waals surface area contributed by atoms with E-state index in [9.17, 15) is 17.2 Å². The van der Waals surface area contributed by atoms with E-state index in [1.165, 1.54) is 0 Å². The molecule has 0 amide bonds. The number of hydrogen-bond acceptors (Lipinski definition) is 3. The highest BCUT2D eigenvalue weighted by Crippen LogP contribution is 2.28. The van der Waals surface area contributed by atoms with Crippen LogP contribution in [-0.2, 0) is 10.0 Å². The molecule has 2 rings (SSSR count). The molecule has 4 nitrogen and oxygen atoms in total. The van der Waals surface area contributed by atoms with E-state index in [0.29, 0.717) is 0 Å². The molecule has 15 heavy (non-hydrogen) atoms. The van der Waals surface area contributed by atoms with Gasteiger partial charge >= 0.3 is 5.76 Å². The molecular weight excluding hydrogens is 226 g/mol. The van der Waals surface area contributed by atoms with Crippen molar-refractivity contribution in [3.8, 4) is 0 Å². The van der Waals surface area contributed by atoms with E-state index in [2.05, 4.69) is 5.32 Å². The van der Waals surface area contributed by atoms with Crippen molar-refractivity contribution < 1.29 is 17.2 Å². The summed E-state index contributed by atoms with van der Waals surface area (Å²) in [6.45, 7) is 1.28. The summed E-state index contributed by atoms with van der Waals surface area (Å²) in [4.78, 5) is 0. The third kappa shape index (κ3) is 2.00. The second-order valence-electron chi connectivity index (χ2n) is 4.09. The van der Waals surface area contributed by atoms with Crippen LogP contribution in [0.2, 0.25) is 0 Å². The highest BCUT2D eigenvalue weighted by atomic mass is 32.2. The van der Waals surface area contributed by atoms with Gasteiger partial charge in [-0.25, -0.2) is 8.42 Å².